The number of nitrogens with one attached hydrogen (secondary N) is 1. The molecule has 1 N–H and O–H groups in total. The van der Waals surface area contributed by atoms with E-state index in [1.807, 2.05) is 33.7 Å². The van der Waals surface area contributed by atoms with Crippen molar-refractivity contribution in [1.82, 2.24) is 24.6 Å². The highest BCUT2D eigenvalue weighted by Gasteiger charge is 2.21. The van der Waals surface area contributed by atoms with Gasteiger partial charge in [0.1, 0.15) is 5.75 Å². The van der Waals surface area contributed by atoms with Gasteiger partial charge in [-0.1, -0.05) is 42.0 Å². The number of aromatic nitrogens is 3. The molecule has 1 amide bonds. The first kappa shape index (κ1) is 23.2. The van der Waals surface area contributed by atoms with Crippen LogP contribution in [0.5, 0.6) is 5.75 Å². The lowest BCUT2D eigenvalue weighted by atomic mass is 10.1. The molecule has 0 unspecified atom stereocenters. The molecule has 8 heteroatoms. The molecule has 0 saturated carbocycles. The molecule has 7 nitrogen and oxygen atoms in total. The van der Waals surface area contributed by atoms with E-state index in [2.05, 4.69) is 46.3 Å². The van der Waals surface area contributed by atoms with Gasteiger partial charge in [-0.2, -0.15) is 5.10 Å². The number of methoxy groups -OCH3 is 1. The summed E-state index contributed by atoms with van der Waals surface area (Å²) in [5, 5.41) is 7.25. The van der Waals surface area contributed by atoms with Crippen LogP contribution in [0, 0.1) is 11.7 Å². The lowest BCUT2D eigenvalue weighted by Crippen LogP contribution is -2.49. The third-order valence-corrected chi connectivity index (χ3v) is 6.53. The smallest absolute Gasteiger partial charge is 0.224 e. The molecule has 1 fully saturated rings. The van der Waals surface area contributed by atoms with Crippen LogP contribution in [0.4, 0.5) is 0 Å². The number of aryl methyl sites for hydroxylation is 1. The van der Waals surface area contributed by atoms with Gasteiger partial charge in [-0.15, -0.1) is 0 Å². The number of hydrogen-bond acceptors (Lipinski definition) is 5. The summed E-state index contributed by atoms with van der Waals surface area (Å²) in [5.41, 5.74) is 3.49. The van der Waals surface area contributed by atoms with Crippen LogP contribution in [0.2, 0.25) is 0 Å². The monoisotopic (exact) mass is 465 g/mol. The third kappa shape index (κ3) is 5.89. The Hall–Kier alpha value is -2.97. The number of H-pyrrole nitrogens is 1. The van der Waals surface area contributed by atoms with Gasteiger partial charge in [0.2, 0.25) is 5.91 Å². The highest BCUT2D eigenvalue weighted by molar-refractivity contribution is 7.71. The summed E-state index contributed by atoms with van der Waals surface area (Å²) in [6, 6.07) is 16.4. The summed E-state index contributed by atoms with van der Waals surface area (Å²) in [6.07, 6.45) is 1.41. The summed E-state index contributed by atoms with van der Waals surface area (Å²) in [7, 11) is 1.68. The minimum atomic E-state index is 0.169. The van der Waals surface area contributed by atoms with E-state index < -0.39 is 0 Å². The molecule has 1 aliphatic rings. The molecule has 174 valence electrons. The van der Waals surface area contributed by atoms with Crippen molar-refractivity contribution in [1.29, 1.82) is 0 Å². The quantitative estimate of drug-likeness (QED) is 0.514. The van der Waals surface area contributed by atoms with Crippen molar-refractivity contribution in [2.24, 2.45) is 0 Å². The van der Waals surface area contributed by atoms with Crippen LogP contribution in [0.15, 0.2) is 48.5 Å². The predicted octanol–water partition coefficient (Wildman–Crippen LogP) is 3.70. The van der Waals surface area contributed by atoms with Crippen molar-refractivity contribution in [3.05, 3.63) is 64.4 Å². The minimum Gasteiger partial charge on any atom is -0.497 e. The molecule has 0 atom stereocenters. The van der Waals surface area contributed by atoms with Crippen LogP contribution in [-0.4, -0.2) is 70.3 Å². The van der Waals surface area contributed by atoms with Crippen molar-refractivity contribution in [2.45, 2.75) is 26.3 Å². The van der Waals surface area contributed by atoms with E-state index in [1.54, 1.807) is 7.11 Å². The normalized spacial score (nSPS) is 14.4. The molecule has 2 aromatic carbocycles. The number of aromatic amines is 1. The number of piperazine rings is 1. The molecule has 3 aromatic rings. The fraction of sp³-hybridized carbons (Fsp3) is 0.400. The molecule has 1 aliphatic heterocycles. The van der Waals surface area contributed by atoms with E-state index in [0.29, 0.717) is 17.7 Å². The fourth-order valence-corrected chi connectivity index (χ4v) is 4.34. The van der Waals surface area contributed by atoms with Crippen LogP contribution >= 0.6 is 12.2 Å². The Kier molecular flexibility index (Phi) is 7.57. The van der Waals surface area contributed by atoms with Crippen molar-refractivity contribution in [2.75, 3.05) is 39.8 Å². The second-order valence-electron chi connectivity index (χ2n) is 8.44. The van der Waals surface area contributed by atoms with Crippen LogP contribution in [-0.2, 0) is 17.8 Å². The molecule has 33 heavy (non-hydrogen) atoms. The highest BCUT2D eigenvalue weighted by atomic mass is 32.1. The third-order valence-electron chi connectivity index (χ3n) is 6.22. The maximum Gasteiger partial charge on any atom is 0.224 e. The molecule has 1 aromatic heterocycles. The second-order valence-corrected chi connectivity index (χ2v) is 8.83. The Morgan fingerprint density at radius 3 is 2.39 bits per heavy atom. The van der Waals surface area contributed by atoms with Gasteiger partial charge in [0.15, 0.2) is 10.6 Å². The minimum absolute atomic E-state index is 0.169. The van der Waals surface area contributed by atoms with Crippen molar-refractivity contribution in [3.8, 4) is 17.1 Å². The summed E-state index contributed by atoms with van der Waals surface area (Å²) in [4.78, 5) is 17.3. The van der Waals surface area contributed by atoms with Gasteiger partial charge in [-0.05, 0) is 43.3 Å². The predicted molar refractivity (Wildman–Crippen MR) is 132 cm³/mol. The zero-order chi connectivity index (χ0) is 23.2. The van der Waals surface area contributed by atoms with E-state index in [0.717, 1.165) is 56.3 Å². The van der Waals surface area contributed by atoms with Gasteiger partial charge in [0.05, 0.1) is 7.11 Å². The SMILES string of the molecule is COc1ccc(CCN2CCN(C(=O)CCn3c(-c4ccc(C)cc4)n[nH]c3=S)CC2)cc1. The van der Waals surface area contributed by atoms with E-state index in [4.69, 9.17) is 17.0 Å². The number of rotatable bonds is 8. The molecular formula is C25H31N5O2S. The molecule has 0 aliphatic carbocycles. The standard InChI is InChI=1S/C25H31N5O2S/c1-19-3-7-21(8-4-19)24-26-27-25(33)30(24)14-12-23(31)29-17-15-28(16-18-29)13-11-20-5-9-22(32-2)10-6-20/h3-10H,11-18H2,1-2H3,(H,27,33). The van der Waals surface area contributed by atoms with Crippen molar-refractivity contribution < 1.29 is 9.53 Å². The van der Waals surface area contributed by atoms with Gasteiger partial charge in [-0.25, -0.2) is 0 Å². The molecular weight excluding hydrogens is 434 g/mol. The van der Waals surface area contributed by atoms with E-state index >= 15 is 0 Å². The first-order valence-electron chi connectivity index (χ1n) is 11.4. The Balaban J connectivity index is 1.25. The zero-order valence-electron chi connectivity index (χ0n) is 19.3. The first-order valence-corrected chi connectivity index (χ1v) is 11.8. The van der Waals surface area contributed by atoms with E-state index in [1.165, 1.54) is 11.1 Å². The largest absolute Gasteiger partial charge is 0.497 e. The van der Waals surface area contributed by atoms with Crippen LogP contribution in [0.1, 0.15) is 17.5 Å². The molecule has 0 bridgehead atoms. The molecule has 4 rings (SSSR count). The lowest BCUT2D eigenvalue weighted by molar-refractivity contribution is -0.133. The number of nitrogens with zero attached hydrogens (tertiary/aromatic N) is 4. The zero-order valence-corrected chi connectivity index (χ0v) is 20.1. The van der Waals surface area contributed by atoms with Crippen LogP contribution in [0.25, 0.3) is 11.4 Å². The number of carbonyl (C=O) groups is 1. The van der Waals surface area contributed by atoms with Crippen molar-refractivity contribution >= 4 is 18.1 Å². The van der Waals surface area contributed by atoms with Gasteiger partial charge < -0.3 is 9.64 Å². The van der Waals surface area contributed by atoms with Gasteiger partial charge >= 0.3 is 0 Å². The van der Waals surface area contributed by atoms with Gasteiger partial charge in [0, 0.05) is 51.3 Å². The highest BCUT2D eigenvalue weighted by Crippen LogP contribution is 2.19. The molecule has 2 heterocycles. The number of hydrogen-bond donors (Lipinski definition) is 1. The van der Waals surface area contributed by atoms with E-state index in [-0.39, 0.29) is 5.91 Å². The maximum atomic E-state index is 12.9. The second kappa shape index (κ2) is 10.8. The summed E-state index contributed by atoms with van der Waals surface area (Å²) >= 11 is 5.41. The van der Waals surface area contributed by atoms with Crippen molar-refractivity contribution in [3.63, 3.8) is 0 Å². The molecule has 0 spiro atoms. The number of carbonyl (C=O) groups excluding carboxylic acids is 1. The van der Waals surface area contributed by atoms with Crippen LogP contribution < -0.4 is 4.74 Å². The van der Waals surface area contributed by atoms with Gasteiger partial charge in [-0.3, -0.25) is 19.4 Å². The Bertz CT molecular complexity index is 1110. The topological polar surface area (TPSA) is 66.4 Å². The Morgan fingerprint density at radius 2 is 1.73 bits per heavy atom. The summed E-state index contributed by atoms with van der Waals surface area (Å²) in [6.45, 7) is 6.92. The fourth-order valence-electron chi connectivity index (χ4n) is 4.11. The van der Waals surface area contributed by atoms with E-state index in [9.17, 15) is 4.79 Å². The van der Waals surface area contributed by atoms with Crippen LogP contribution in [0.3, 0.4) is 0 Å². The Labute approximate surface area is 200 Å². The lowest BCUT2D eigenvalue weighted by Gasteiger charge is -2.34. The maximum absolute atomic E-state index is 12.9. The average molecular weight is 466 g/mol. The number of amides is 1. The molecule has 0 radical (unpaired) electrons. The number of benzene rings is 2. The number of ether oxygens (including phenoxy) is 1. The Morgan fingerprint density at radius 1 is 1.03 bits per heavy atom. The summed E-state index contributed by atoms with van der Waals surface area (Å²) in [5.74, 6) is 1.83. The van der Waals surface area contributed by atoms with Gasteiger partial charge in [0.25, 0.3) is 0 Å². The molecule has 1 saturated heterocycles. The summed E-state index contributed by atoms with van der Waals surface area (Å²) < 4.78 is 7.68. The first-order chi connectivity index (χ1) is 16.0. The average Bonchev–Trinajstić information content (AvgIpc) is 3.22.